The quantitative estimate of drug-likeness (QED) is 0.155. The second-order valence-corrected chi connectivity index (χ2v) is 20.1. The van der Waals surface area contributed by atoms with Gasteiger partial charge >= 0.3 is 12.0 Å². The summed E-state index contributed by atoms with van der Waals surface area (Å²) in [6.07, 6.45) is 3.58. The average Bonchev–Trinajstić information content (AvgIpc) is 2.90. The fourth-order valence-corrected chi connectivity index (χ4v) is 6.89. The minimum atomic E-state index is -2.76. The van der Waals surface area contributed by atoms with Crippen LogP contribution in [0.15, 0.2) is 36.5 Å². The minimum absolute atomic E-state index is 0.121. The van der Waals surface area contributed by atoms with Crippen molar-refractivity contribution in [3.8, 4) is 0 Å². The maximum absolute atomic E-state index is 14.4. The van der Waals surface area contributed by atoms with Gasteiger partial charge in [-0.1, -0.05) is 58.4 Å². The summed E-state index contributed by atoms with van der Waals surface area (Å²) in [4.78, 5) is 40.6. The van der Waals surface area contributed by atoms with Crippen LogP contribution in [-0.2, 0) is 16.7 Å². The Kier molecular flexibility index (Phi) is 11.2. The number of carbonyl (C=O) groups is 2. The standard InChI is InChI=1S/C34H50ClF2N3O4Si/c1-31(2,3)16-14-22-10-12-25(18-27(22)35)33(6,40-30(42)39-28-13-11-23(21-38-28)29(41)44-7)26(24-19-34(36,37)20-24)15-17-32(4,5)45(8,9)43/h10-13,18,21,24,26,43H,14-17,19-20H2,1-9H3,(H2,38,39,40,42)/t26?,33-/m0/s1. The van der Waals surface area contributed by atoms with E-state index in [9.17, 15) is 23.2 Å². The number of alkyl halides is 2. The Morgan fingerprint density at radius 2 is 1.76 bits per heavy atom. The molecule has 0 aliphatic heterocycles. The van der Waals surface area contributed by atoms with Gasteiger partial charge in [-0.15, -0.1) is 0 Å². The number of amides is 2. The van der Waals surface area contributed by atoms with Crippen LogP contribution < -0.4 is 10.6 Å². The van der Waals surface area contributed by atoms with Crippen molar-refractivity contribution >= 4 is 37.7 Å². The molecule has 2 atom stereocenters. The van der Waals surface area contributed by atoms with Crippen LogP contribution in [0.3, 0.4) is 0 Å². The van der Waals surface area contributed by atoms with Crippen molar-refractivity contribution in [1.82, 2.24) is 10.3 Å². The van der Waals surface area contributed by atoms with E-state index < -0.39 is 31.8 Å². The Morgan fingerprint density at radius 1 is 1.11 bits per heavy atom. The van der Waals surface area contributed by atoms with Gasteiger partial charge in [-0.2, -0.15) is 0 Å². The van der Waals surface area contributed by atoms with Gasteiger partial charge in [0.2, 0.25) is 5.92 Å². The van der Waals surface area contributed by atoms with E-state index in [4.69, 9.17) is 16.3 Å². The summed E-state index contributed by atoms with van der Waals surface area (Å²) < 4.78 is 33.5. The highest BCUT2D eigenvalue weighted by Crippen LogP contribution is 2.54. The van der Waals surface area contributed by atoms with E-state index in [0.29, 0.717) is 17.9 Å². The average molecular weight is 666 g/mol. The largest absolute Gasteiger partial charge is 0.465 e. The van der Waals surface area contributed by atoms with E-state index in [1.807, 2.05) is 52.1 Å². The third-order valence-electron chi connectivity index (χ3n) is 9.77. The van der Waals surface area contributed by atoms with Crippen LogP contribution in [-0.4, -0.2) is 43.1 Å². The van der Waals surface area contributed by atoms with Crippen LogP contribution in [0.4, 0.5) is 19.4 Å². The molecule has 11 heteroatoms. The van der Waals surface area contributed by atoms with Gasteiger partial charge in [-0.3, -0.25) is 5.32 Å². The first kappa shape index (κ1) is 36.9. The third kappa shape index (κ3) is 9.48. The lowest BCUT2D eigenvalue weighted by Crippen LogP contribution is -2.56. The van der Waals surface area contributed by atoms with Gasteiger partial charge < -0.3 is 14.8 Å². The first-order chi connectivity index (χ1) is 20.6. The highest BCUT2D eigenvalue weighted by Gasteiger charge is 2.54. The number of nitrogens with zero attached hydrogens (tertiary/aromatic N) is 1. The number of hydrogen-bond acceptors (Lipinski definition) is 5. The Morgan fingerprint density at radius 3 is 2.24 bits per heavy atom. The molecule has 1 heterocycles. The highest BCUT2D eigenvalue weighted by atomic mass is 35.5. The van der Waals surface area contributed by atoms with Crippen molar-refractivity contribution in [3.63, 3.8) is 0 Å². The molecule has 250 valence electrons. The molecule has 2 amide bonds. The second kappa shape index (κ2) is 13.7. The number of anilines is 1. The third-order valence-corrected chi connectivity index (χ3v) is 13.7. The van der Waals surface area contributed by atoms with E-state index in [2.05, 4.69) is 36.4 Å². The number of carbonyl (C=O) groups excluding carboxylic acids is 2. The lowest BCUT2D eigenvalue weighted by atomic mass is 9.62. The molecule has 1 unspecified atom stereocenters. The zero-order valence-corrected chi connectivity index (χ0v) is 29.9. The van der Waals surface area contributed by atoms with Crippen molar-refractivity contribution in [3.05, 3.63) is 58.2 Å². The lowest BCUT2D eigenvalue weighted by molar-refractivity contribution is -0.137. The van der Waals surface area contributed by atoms with E-state index in [1.54, 1.807) is 0 Å². The zero-order chi connectivity index (χ0) is 34.0. The predicted molar refractivity (Wildman–Crippen MR) is 178 cm³/mol. The number of benzene rings is 1. The Labute approximate surface area is 273 Å². The van der Waals surface area contributed by atoms with Gasteiger partial charge in [-0.05, 0) is 97.3 Å². The Balaban J connectivity index is 2.02. The van der Waals surface area contributed by atoms with Crippen LogP contribution in [0.2, 0.25) is 23.2 Å². The minimum Gasteiger partial charge on any atom is -0.465 e. The number of ether oxygens (including phenoxy) is 1. The molecule has 0 spiro atoms. The van der Waals surface area contributed by atoms with Crippen molar-refractivity contribution in [1.29, 1.82) is 0 Å². The summed E-state index contributed by atoms with van der Waals surface area (Å²) in [5.41, 5.74) is 0.961. The molecule has 1 aliphatic carbocycles. The number of esters is 1. The number of aromatic nitrogens is 1. The SMILES string of the molecule is COC(=O)c1ccc(NC(=O)N[C@@](C)(c2ccc(CCC(C)(C)C)c(Cl)c2)C(CCC(C)(C)[Si](C)(C)O)C2CC(F)(F)C2)nc1. The fourth-order valence-electron chi connectivity index (χ4n) is 5.86. The summed E-state index contributed by atoms with van der Waals surface area (Å²) in [7, 11) is -1.33. The molecule has 1 aromatic heterocycles. The van der Waals surface area contributed by atoms with Crippen LogP contribution in [0.1, 0.15) is 95.1 Å². The first-order valence-corrected chi connectivity index (χ1v) is 18.9. The van der Waals surface area contributed by atoms with Crippen molar-refractivity contribution in [2.24, 2.45) is 17.3 Å². The molecule has 1 aromatic carbocycles. The second-order valence-electron chi connectivity index (χ2n) is 15.2. The van der Waals surface area contributed by atoms with Crippen molar-refractivity contribution in [2.75, 3.05) is 12.4 Å². The molecular weight excluding hydrogens is 616 g/mol. The number of urea groups is 1. The number of aryl methyl sites for hydroxylation is 1. The topological polar surface area (TPSA) is 101 Å². The van der Waals surface area contributed by atoms with Gasteiger partial charge in [0.1, 0.15) is 5.82 Å². The smallest absolute Gasteiger partial charge is 0.339 e. The molecule has 0 bridgehead atoms. The number of rotatable bonds is 12. The van der Waals surface area contributed by atoms with E-state index >= 15 is 0 Å². The van der Waals surface area contributed by atoms with Crippen molar-refractivity contribution < 1.29 is 27.9 Å². The van der Waals surface area contributed by atoms with E-state index in [-0.39, 0.29) is 46.5 Å². The normalized spacial score (nSPS) is 17.5. The molecule has 3 rings (SSSR count). The van der Waals surface area contributed by atoms with Crippen LogP contribution in [0, 0.1) is 17.3 Å². The zero-order valence-electron chi connectivity index (χ0n) is 28.1. The summed E-state index contributed by atoms with van der Waals surface area (Å²) in [6.45, 7) is 16.2. The first-order valence-electron chi connectivity index (χ1n) is 15.6. The number of halogens is 3. The molecule has 3 N–H and O–H groups in total. The number of methoxy groups -OCH3 is 1. The lowest BCUT2D eigenvalue weighted by Gasteiger charge is -2.50. The molecule has 45 heavy (non-hydrogen) atoms. The van der Waals surface area contributed by atoms with Crippen LogP contribution >= 0.6 is 11.6 Å². The van der Waals surface area contributed by atoms with Gasteiger partial charge in [0.25, 0.3) is 0 Å². The van der Waals surface area contributed by atoms with E-state index in [0.717, 1.165) is 24.0 Å². The Bertz CT molecular complexity index is 1350. The summed E-state index contributed by atoms with van der Waals surface area (Å²) in [5.74, 6) is -3.84. The number of nitrogens with one attached hydrogen (secondary N) is 2. The van der Waals surface area contributed by atoms with Gasteiger partial charge in [-0.25, -0.2) is 23.4 Å². The molecular formula is C34H50ClF2N3O4Si. The summed E-state index contributed by atoms with van der Waals surface area (Å²) >= 11 is 6.85. The van der Waals surface area contributed by atoms with Gasteiger partial charge in [0, 0.05) is 24.1 Å². The fraction of sp³-hybridized carbons (Fsp3) is 0.618. The predicted octanol–water partition coefficient (Wildman–Crippen LogP) is 8.96. The maximum atomic E-state index is 14.4. The maximum Gasteiger partial charge on any atom is 0.339 e. The molecule has 1 fully saturated rings. The molecule has 2 aromatic rings. The van der Waals surface area contributed by atoms with Gasteiger partial charge in [0.15, 0.2) is 8.32 Å². The Hall–Kier alpha value is -2.56. The van der Waals surface area contributed by atoms with Crippen LogP contribution in [0.5, 0.6) is 0 Å². The monoisotopic (exact) mass is 665 g/mol. The van der Waals surface area contributed by atoms with Gasteiger partial charge in [0.05, 0.1) is 18.2 Å². The summed E-state index contributed by atoms with van der Waals surface area (Å²) in [6, 6.07) is 8.16. The van der Waals surface area contributed by atoms with Crippen molar-refractivity contribution in [2.45, 2.75) is 110 Å². The van der Waals surface area contributed by atoms with E-state index in [1.165, 1.54) is 25.4 Å². The molecule has 0 saturated heterocycles. The molecule has 0 radical (unpaired) electrons. The van der Waals surface area contributed by atoms with Crippen LogP contribution in [0.25, 0.3) is 0 Å². The number of pyridine rings is 1. The molecule has 1 saturated carbocycles. The molecule has 1 aliphatic rings. The molecule has 7 nitrogen and oxygen atoms in total. The number of hydrogen-bond donors (Lipinski definition) is 3. The highest BCUT2D eigenvalue weighted by molar-refractivity contribution is 6.72. The summed E-state index contributed by atoms with van der Waals surface area (Å²) in [5, 5.41) is 6.03.